The lowest BCUT2D eigenvalue weighted by Crippen LogP contribution is -2.41. The minimum atomic E-state index is -0.216. The van der Waals surface area contributed by atoms with E-state index in [-0.39, 0.29) is 11.9 Å². The highest BCUT2D eigenvalue weighted by molar-refractivity contribution is 5.77. The van der Waals surface area contributed by atoms with Crippen molar-refractivity contribution in [2.45, 2.75) is 12.5 Å². The molecule has 1 saturated heterocycles. The number of nitrogens with zero attached hydrogens (tertiary/aromatic N) is 1. The molecule has 1 fully saturated rings. The van der Waals surface area contributed by atoms with E-state index in [0.29, 0.717) is 32.7 Å². The summed E-state index contributed by atoms with van der Waals surface area (Å²) in [6.45, 7) is 2.62. The molecule has 1 heterocycles. The molecule has 4 heteroatoms. The summed E-state index contributed by atoms with van der Waals surface area (Å²) in [6, 6.07) is 9.52. The number of nitrogens with two attached hydrogens (primary N) is 1. The monoisotopic (exact) mass is 234 g/mol. The van der Waals surface area contributed by atoms with E-state index in [1.807, 2.05) is 35.2 Å². The van der Waals surface area contributed by atoms with Crippen LogP contribution in [0, 0.1) is 0 Å². The lowest BCUT2D eigenvalue weighted by molar-refractivity contribution is -0.135. The average molecular weight is 234 g/mol. The van der Waals surface area contributed by atoms with Crippen LogP contribution in [-0.4, -0.2) is 37.1 Å². The van der Waals surface area contributed by atoms with E-state index in [9.17, 15) is 4.79 Å². The third-order valence-corrected chi connectivity index (χ3v) is 2.99. The predicted molar refractivity (Wildman–Crippen MR) is 65.4 cm³/mol. The summed E-state index contributed by atoms with van der Waals surface area (Å²) in [6.07, 6.45) is 0.365. The van der Waals surface area contributed by atoms with Gasteiger partial charge < -0.3 is 15.4 Å². The summed E-state index contributed by atoms with van der Waals surface area (Å²) in [5, 5.41) is 0. The Hall–Kier alpha value is -1.39. The fourth-order valence-electron chi connectivity index (χ4n) is 1.95. The van der Waals surface area contributed by atoms with E-state index in [1.54, 1.807) is 0 Å². The van der Waals surface area contributed by atoms with Crippen LogP contribution in [0.4, 0.5) is 0 Å². The van der Waals surface area contributed by atoms with Crippen molar-refractivity contribution in [2.75, 3.05) is 26.3 Å². The molecule has 1 aromatic carbocycles. The number of rotatable bonds is 3. The van der Waals surface area contributed by atoms with Crippen LogP contribution in [0.25, 0.3) is 0 Å². The van der Waals surface area contributed by atoms with Crippen LogP contribution in [0.3, 0.4) is 0 Å². The van der Waals surface area contributed by atoms with Crippen molar-refractivity contribution in [2.24, 2.45) is 5.73 Å². The Morgan fingerprint density at radius 1 is 1.29 bits per heavy atom. The molecule has 92 valence electrons. The fraction of sp³-hybridized carbons (Fsp3) is 0.462. The van der Waals surface area contributed by atoms with E-state index < -0.39 is 0 Å². The molecule has 1 atom stereocenters. The van der Waals surface area contributed by atoms with Crippen LogP contribution < -0.4 is 5.73 Å². The van der Waals surface area contributed by atoms with Gasteiger partial charge in [0.1, 0.15) is 0 Å². The molecule has 0 aliphatic carbocycles. The SMILES string of the molecule is N[C@H](CC(=O)N1CCOCC1)c1ccccc1. The molecule has 0 aromatic heterocycles. The molecular weight excluding hydrogens is 216 g/mol. The van der Waals surface area contributed by atoms with Crippen molar-refractivity contribution >= 4 is 5.91 Å². The second-order valence-electron chi connectivity index (χ2n) is 4.21. The Balaban J connectivity index is 1.89. The number of benzene rings is 1. The predicted octanol–water partition coefficient (Wildman–Crippen LogP) is 0.935. The van der Waals surface area contributed by atoms with Gasteiger partial charge in [-0.2, -0.15) is 0 Å². The maximum absolute atomic E-state index is 12.0. The normalized spacial score (nSPS) is 17.8. The van der Waals surface area contributed by atoms with Gasteiger partial charge in [0.15, 0.2) is 0 Å². The van der Waals surface area contributed by atoms with Gasteiger partial charge in [0.05, 0.1) is 13.2 Å². The molecule has 0 bridgehead atoms. The maximum atomic E-state index is 12.0. The highest BCUT2D eigenvalue weighted by atomic mass is 16.5. The van der Waals surface area contributed by atoms with Crippen LogP contribution >= 0.6 is 0 Å². The Bertz CT molecular complexity index is 361. The van der Waals surface area contributed by atoms with Gasteiger partial charge in [-0.3, -0.25) is 4.79 Å². The fourth-order valence-corrected chi connectivity index (χ4v) is 1.95. The summed E-state index contributed by atoms with van der Waals surface area (Å²) in [4.78, 5) is 13.8. The highest BCUT2D eigenvalue weighted by Crippen LogP contribution is 2.15. The molecule has 0 saturated carbocycles. The van der Waals surface area contributed by atoms with Crippen molar-refractivity contribution < 1.29 is 9.53 Å². The average Bonchev–Trinajstić information content (AvgIpc) is 2.40. The van der Waals surface area contributed by atoms with Crippen LogP contribution in [0.15, 0.2) is 30.3 Å². The Morgan fingerprint density at radius 3 is 2.59 bits per heavy atom. The zero-order valence-electron chi connectivity index (χ0n) is 9.84. The number of morpholine rings is 1. The minimum absolute atomic E-state index is 0.115. The molecule has 0 unspecified atom stereocenters. The Labute approximate surface area is 101 Å². The first-order valence-corrected chi connectivity index (χ1v) is 5.93. The zero-order chi connectivity index (χ0) is 12.1. The van der Waals surface area contributed by atoms with E-state index in [4.69, 9.17) is 10.5 Å². The number of carbonyl (C=O) groups excluding carboxylic acids is 1. The standard InChI is InChI=1S/C13H18N2O2/c14-12(11-4-2-1-3-5-11)10-13(16)15-6-8-17-9-7-15/h1-5,12H,6-10,14H2/t12-/m1/s1. The minimum Gasteiger partial charge on any atom is -0.378 e. The number of hydrogen-bond acceptors (Lipinski definition) is 3. The summed E-state index contributed by atoms with van der Waals surface area (Å²) < 4.78 is 5.21. The molecule has 2 N–H and O–H groups in total. The number of hydrogen-bond donors (Lipinski definition) is 1. The molecule has 17 heavy (non-hydrogen) atoms. The van der Waals surface area contributed by atoms with Crippen molar-refractivity contribution in [1.82, 2.24) is 4.90 Å². The second kappa shape index (κ2) is 5.80. The van der Waals surface area contributed by atoms with Gasteiger partial charge >= 0.3 is 0 Å². The van der Waals surface area contributed by atoms with Crippen LogP contribution in [0.1, 0.15) is 18.0 Å². The molecular formula is C13H18N2O2. The van der Waals surface area contributed by atoms with E-state index in [1.165, 1.54) is 0 Å². The summed E-state index contributed by atoms with van der Waals surface area (Å²) in [5.74, 6) is 0.115. The molecule has 1 amide bonds. The van der Waals surface area contributed by atoms with Crippen molar-refractivity contribution in [1.29, 1.82) is 0 Å². The van der Waals surface area contributed by atoms with Crippen LogP contribution in [0.5, 0.6) is 0 Å². The summed E-state index contributed by atoms with van der Waals surface area (Å²) >= 11 is 0. The Kier molecular flexibility index (Phi) is 4.12. The number of carbonyl (C=O) groups is 1. The third kappa shape index (κ3) is 3.28. The summed E-state index contributed by atoms with van der Waals surface area (Å²) in [5.41, 5.74) is 7.03. The quantitative estimate of drug-likeness (QED) is 0.846. The largest absolute Gasteiger partial charge is 0.378 e. The first-order chi connectivity index (χ1) is 8.27. The lowest BCUT2D eigenvalue weighted by atomic mass is 10.0. The third-order valence-electron chi connectivity index (χ3n) is 2.99. The Morgan fingerprint density at radius 2 is 1.94 bits per heavy atom. The van der Waals surface area contributed by atoms with Gasteiger partial charge in [0.25, 0.3) is 0 Å². The first kappa shape index (κ1) is 12.1. The molecule has 0 radical (unpaired) electrons. The molecule has 1 aliphatic heterocycles. The van der Waals surface area contributed by atoms with E-state index >= 15 is 0 Å². The van der Waals surface area contributed by atoms with Crippen molar-refractivity contribution in [3.8, 4) is 0 Å². The second-order valence-corrected chi connectivity index (χ2v) is 4.21. The van der Waals surface area contributed by atoms with Gasteiger partial charge in [-0.15, -0.1) is 0 Å². The topological polar surface area (TPSA) is 55.6 Å². The molecule has 2 rings (SSSR count). The summed E-state index contributed by atoms with van der Waals surface area (Å²) in [7, 11) is 0. The number of ether oxygens (including phenoxy) is 1. The van der Waals surface area contributed by atoms with E-state index in [0.717, 1.165) is 5.56 Å². The first-order valence-electron chi connectivity index (χ1n) is 5.93. The van der Waals surface area contributed by atoms with E-state index in [2.05, 4.69) is 0 Å². The zero-order valence-corrected chi connectivity index (χ0v) is 9.84. The van der Waals surface area contributed by atoms with Gasteiger partial charge in [-0.05, 0) is 5.56 Å². The smallest absolute Gasteiger partial charge is 0.224 e. The van der Waals surface area contributed by atoms with Gasteiger partial charge in [-0.25, -0.2) is 0 Å². The van der Waals surface area contributed by atoms with Crippen molar-refractivity contribution in [3.05, 3.63) is 35.9 Å². The van der Waals surface area contributed by atoms with Gasteiger partial charge in [0, 0.05) is 25.6 Å². The van der Waals surface area contributed by atoms with Gasteiger partial charge in [0.2, 0.25) is 5.91 Å². The van der Waals surface area contributed by atoms with Crippen LogP contribution in [-0.2, 0) is 9.53 Å². The number of amides is 1. The lowest BCUT2D eigenvalue weighted by Gasteiger charge is -2.27. The molecule has 1 aromatic rings. The van der Waals surface area contributed by atoms with Crippen molar-refractivity contribution in [3.63, 3.8) is 0 Å². The maximum Gasteiger partial charge on any atom is 0.224 e. The van der Waals surface area contributed by atoms with Gasteiger partial charge in [-0.1, -0.05) is 30.3 Å². The molecule has 1 aliphatic rings. The molecule has 4 nitrogen and oxygen atoms in total. The van der Waals surface area contributed by atoms with Crippen LogP contribution in [0.2, 0.25) is 0 Å². The highest BCUT2D eigenvalue weighted by Gasteiger charge is 2.19. The molecule has 0 spiro atoms.